The molecule has 0 aliphatic heterocycles. The molecule has 0 bridgehead atoms. The number of hydrogen-bond acceptors (Lipinski definition) is 3. The number of ether oxygens (including phenoxy) is 1. The quantitative estimate of drug-likeness (QED) is 0.824. The van der Waals surface area contributed by atoms with Crippen molar-refractivity contribution in [3.05, 3.63) is 28.8 Å². The number of aryl methyl sites for hydroxylation is 1. The van der Waals surface area contributed by atoms with Crippen LogP contribution in [0.4, 0.5) is 5.69 Å². The Balaban J connectivity index is 2.69. The van der Waals surface area contributed by atoms with Crippen molar-refractivity contribution in [2.75, 3.05) is 12.4 Å². The lowest BCUT2D eigenvalue weighted by Crippen LogP contribution is -2.21. The van der Waals surface area contributed by atoms with E-state index in [0.29, 0.717) is 11.4 Å². The van der Waals surface area contributed by atoms with Crippen molar-refractivity contribution in [1.82, 2.24) is 0 Å². The summed E-state index contributed by atoms with van der Waals surface area (Å²) in [4.78, 5) is 11.1. The number of nitrogens with one attached hydrogen (secondary N) is 1. The SMILES string of the molecule is COC(=O)CC(C)Nc1c(C)cccc1Cl. The fourth-order valence-electron chi connectivity index (χ4n) is 1.45. The molecule has 1 atom stereocenters. The molecule has 1 aromatic rings. The van der Waals surface area contributed by atoms with Crippen molar-refractivity contribution in [2.24, 2.45) is 0 Å². The van der Waals surface area contributed by atoms with Crippen LogP contribution in [-0.2, 0) is 9.53 Å². The van der Waals surface area contributed by atoms with Crippen LogP contribution in [0, 0.1) is 6.92 Å². The van der Waals surface area contributed by atoms with Gasteiger partial charge in [-0.3, -0.25) is 4.79 Å². The van der Waals surface area contributed by atoms with Crippen LogP contribution in [0.5, 0.6) is 0 Å². The van der Waals surface area contributed by atoms with Crippen molar-refractivity contribution in [2.45, 2.75) is 26.3 Å². The number of hydrogen-bond donors (Lipinski definition) is 1. The van der Waals surface area contributed by atoms with Crippen molar-refractivity contribution in [3.8, 4) is 0 Å². The van der Waals surface area contributed by atoms with Gasteiger partial charge in [-0.2, -0.15) is 0 Å². The lowest BCUT2D eigenvalue weighted by atomic mass is 10.1. The van der Waals surface area contributed by atoms with E-state index in [1.165, 1.54) is 7.11 Å². The largest absolute Gasteiger partial charge is 0.469 e. The minimum absolute atomic E-state index is 0.00829. The highest BCUT2D eigenvalue weighted by atomic mass is 35.5. The van der Waals surface area contributed by atoms with Gasteiger partial charge in [-0.15, -0.1) is 0 Å². The predicted molar refractivity (Wildman–Crippen MR) is 65.9 cm³/mol. The van der Waals surface area contributed by atoms with Crippen LogP contribution in [0.3, 0.4) is 0 Å². The van der Waals surface area contributed by atoms with Crippen LogP contribution in [0.15, 0.2) is 18.2 Å². The number of rotatable bonds is 4. The van der Waals surface area contributed by atoms with E-state index in [9.17, 15) is 4.79 Å². The first kappa shape index (κ1) is 12.8. The Morgan fingerprint density at radius 3 is 2.81 bits per heavy atom. The average Bonchev–Trinajstić information content (AvgIpc) is 2.23. The highest BCUT2D eigenvalue weighted by molar-refractivity contribution is 6.33. The van der Waals surface area contributed by atoms with Crippen LogP contribution in [0.25, 0.3) is 0 Å². The second-order valence-electron chi connectivity index (χ2n) is 3.76. The molecule has 0 saturated carbocycles. The van der Waals surface area contributed by atoms with Gasteiger partial charge in [0.05, 0.1) is 24.2 Å². The lowest BCUT2D eigenvalue weighted by Gasteiger charge is -2.17. The summed E-state index contributed by atoms with van der Waals surface area (Å²) < 4.78 is 4.61. The summed E-state index contributed by atoms with van der Waals surface area (Å²) in [6.07, 6.45) is 0.321. The topological polar surface area (TPSA) is 38.3 Å². The fraction of sp³-hybridized carbons (Fsp3) is 0.417. The maximum atomic E-state index is 11.1. The Kier molecular flexibility index (Phi) is 4.62. The van der Waals surface area contributed by atoms with Crippen molar-refractivity contribution in [3.63, 3.8) is 0 Å². The summed E-state index contributed by atoms with van der Waals surface area (Å²) in [5.74, 6) is -0.232. The highest BCUT2D eigenvalue weighted by Crippen LogP contribution is 2.26. The lowest BCUT2D eigenvalue weighted by molar-refractivity contribution is -0.140. The molecule has 0 aliphatic carbocycles. The van der Waals surface area contributed by atoms with E-state index >= 15 is 0 Å². The zero-order valence-corrected chi connectivity index (χ0v) is 10.5. The summed E-state index contributed by atoms with van der Waals surface area (Å²) in [5, 5.41) is 3.87. The first-order valence-corrected chi connectivity index (χ1v) is 5.51. The second-order valence-corrected chi connectivity index (χ2v) is 4.16. The molecule has 1 aromatic carbocycles. The molecule has 4 heteroatoms. The Hall–Kier alpha value is -1.22. The van der Waals surface area contributed by atoms with Crippen LogP contribution >= 0.6 is 11.6 Å². The molecule has 0 amide bonds. The maximum Gasteiger partial charge on any atom is 0.307 e. The fourth-order valence-corrected chi connectivity index (χ4v) is 1.72. The van der Waals surface area contributed by atoms with Crippen molar-refractivity contribution < 1.29 is 9.53 Å². The molecule has 0 saturated heterocycles. The van der Waals surface area contributed by atoms with Crippen LogP contribution < -0.4 is 5.32 Å². The van der Waals surface area contributed by atoms with E-state index in [4.69, 9.17) is 11.6 Å². The van der Waals surface area contributed by atoms with Gasteiger partial charge in [0.2, 0.25) is 0 Å². The third-order valence-corrected chi connectivity index (χ3v) is 2.63. The summed E-state index contributed by atoms with van der Waals surface area (Å²) in [5.41, 5.74) is 1.93. The molecule has 0 aromatic heterocycles. The second kappa shape index (κ2) is 5.75. The highest BCUT2D eigenvalue weighted by Gasteiger charge is 2.11. The molecule has 0 fully saturated rings. The first-order chi connectivity index (χ1) is 7.54. The smallest absolute Gasteiger partial charge is 0.307 e. The van der Waals surface area contributed by atoms with Gasteiger partial charge in [0.15, 0.2) is 0 Å². The van der Waals surface area contributed by atoms with Gasteiger partial charge in [0.1, 0.15) is 0 Å². The molecule has 0 radical (unpaired) electrons. The van der Waals surface area contributed by atoms with Gasteiger partial charge >= 0.3 is 5.97 Å². The van der Waals surface area contributed by atoms with E-state index in [0.717, 1.165) is 11.3 Å². The summed E-state index contributed by atoms with van der Waals surface area (Å²) >= 11 is 6.07. The molecule has 0 aliphatic rings. The molecule has 0 heterocycles. The first-order valence-electron chi connectivity index (χ1n) is 5.13. The monoisotopic (exact) mass is 241 g/mol. The maximum absolute atomic E-state index is 11.1. The minimum atomic E-state index is -0.232. The normalized spacial score (nSPS) is 12.0. The average molecular weight is 242 g/mol. The number of anilines is 1. The Bertz CT molecular complexity index is 359. The van der Waals surface area contributed by atoms with Gasteiger partial charge < -0.3 is 10.1 Å². The molecule has 0 spiro atoms. The Labute approximate surface area is 101 Å². The van der Waals surface area contributed by atoms with Crippen LogP contribution in [0.1, 0.15) is 18.9 Å². The third-order valence-electron chi connectivity index (χ3n) is 2.31. The molecule has 3 nitrogen and oxygen atoms in total. The van der Waals surface area contributed by atoms with Gasteiger partial charge in [0, 0.05) is 6.04 Å². The number of methoxy groups -OCH3 is 1. The number of carbonyl (C=O) groups is 1. The molecule has 16 heavy (non-hydrogen) atoms. The van der Waals surface area contributed by atoms with Crippen molar-refractivity contribution in [1.29, 1.82) is 0 Å². The zero-order valence-electron chi connectivity index (χ0n) is 9.71. The zero-order chi connectivity index (χ0) is 12.1. The Morgan fingerprint density at radius 2 is 2.25 bits per heavy atom. The van der Waals surface area contributed by atoms with Crippen LogP contribution in [0.2, 0.25) is 5.02 Å². The van der Waals surface area contributed by atoms with E-state index in [2.05, 4.69) is 10.1 Å². The number of esters is 1. The van der Waals surface area contributed by atoms with E-state index < -0.39 is 0 Å². The van der Waals surface area contributed by atoms with Gasteiger partial charge in [-0.1, -0.05) is 23.7 Å². The Morgan fingerprint density at radius 1 is 1.56 bits per heavy atom. The van der Waals surface area contributed by atoms with E-state index in [1.807, 2.05) is 32.0 Å². The molecule has 1 N–H and O–H groups in total. The number of carbonyl (C=O) groups excluding carboxylic acids is 1. The minimum Gasteiger partial charge on any atom is -0.469 e. The summed E-state index contributed by atoms with van der Waals surface area (Å²) in [6.45, 7) is 3.89. The van der Waals surface area contributed by atoms with Crippen molar-refractivity contribution >= 4 is 23.3 Å². The molecular weight excluding hydrogens is 226 g/mol. The molecular formula is C12H16ClNO2. The van der Waals surface area contributed by atoms with Gasteiger partial charge in [-0.05, 0) is 25.5 Å². The van der Waals surface area contributed by atoms with E-state index in [1.54, 1.807) is 0 Å². The number of benzene rings is 1. The summed E-state index contributed by atoms with van der Waals surface area (Å²) in [6, 6.07) is 5.68. The number of para-hydroxylation sites is 1. The molecule has 1 rings (SSSR count). The summed E-state index contributed by atoms with van der Waals surface area (Å²) in [7, 11) is 1.38. The molecule has 88 valence electrons. The van der Waals surface area contributed by atoms with Crippen LogP contribution in [-0.4, -0.2) is 19.1 Å². The van der Waals surface area contributed by atoms with Gasteiger partial charge in [-0.25, -0.2) is 0 Å². The van der Waals surface area contributed by atoms with Gasteiger partial charge in [0.25, 0.3) is 0 Å². The third kappa shape index (κ3) is 3.42. The van der Waals surface area contributed by atoms with E-state index in [-0.39, 0.29) is 12.0 Å². The molecule has 1 unspecified atom stereocenters. The standard InChI is InChI=1S/C12H16ClNO2/c1-8-5-4-6-10(13)12(8)14-9(2)7-11(15)16-3/h4-6,9,14H,7H2,1-3H3. The number of halogens is 1. The predicted octanol–water partition coefficient (Wildman–Crippen LogP) is 3.01.